The number of nitrogens with one attached hydrogen (secondary N) is 1. The molecular weight excluding hydrogens is 700 g/mol. The molecule has 16 heteroatoms. The number of aromatic nitrogens is 4. The van der Waals surface area contributed by atoms with Gasteiger partial charge in [0.05, 0.1) is 35.4 Å². The van der Waals surface area contributed by atoms with E-state index in [1.54, 1.807) is 20.9 Å². The molecule has 0 unspecified atom stereocenters. The van der Waals surface area contributed by atoms with Crippen LogP contribution in [0.25, 0.3) is 38.2 Å². The predicted octanol–water partition coefficient (Wildman–Crippen LogP) is 6.39. The third-order valence-electron chi connectivity index (χ3n) is 8.39. The minimum absolute atomic E-state index is 0.0546. The van der Waals surface area contributed by atoms with Crippen molar-refractivity contribution in [3.8, 4) is 22.0 Å². The van der Waals surface area contributed by atoms with E-state index in [-0.39, 0.29) is 6.03 Å². The van der Waals surface area contributed by atoms with Gasteiger partial charge in [-0.3, -0.25) is 0 Å². The van der Waals surface area contributed by atoms with Crippen LogP contribution >= 0.6 is 11.3 Å². The molecule has 4 heterocycles. The van der Waals surface area contributed by atoms with Gasteiger partial charge in [0, 0.05) is 35.3 Å². The number of alkyl halides is 3. The number of carbonyl (C=O) groups excluding carboxylic acids is 1. The summed E-state index contributed by atoms with van der Waals surface area (Å²) in [6.07, 6.45) is 1.30. The van der Waals surface area contributed by atoms with E-state index in [1.165, 1.54) is 10.9 Å². The summed E-state index contributed by atoms with van der Waals surface area (Å²) in [5.41, 5.74) is 12.4. The van der Waals surface area contributed by atoms with Gasteiger partial charge in [-0.1, -0.05) is 35.5 Å². The number of para-hydroxylation sites is 1. The smallest absolute Gasteiger partial charge is 0.490 e. The number of carboxylic acids is 1. The molecule has 1 saturated heterocycles. The Morgan fingerprint density at radius 3 is 2.62 bits per heavy atom. The van der Waals surface area contributed by atoms with Gasteiger partial charge < -0.3 is 30.2 Å². The van der Waals surface area contributed by atoms with Gasteiger partial charge >= 0.3 is 18.2 Å². The number of hydrogen-bond acceptors (Lipinski definition) is 9. The maximum absolute atomic E-state index is 12.0. The summed E-state index contributed by atoms with van der Waals surface area (Å²) < 4.78 is 45.9. The molecule has 12 nitrogen and oxygen atoms in total. The van der Waals surface area contributed by atoms with Gasteiger partial charge in [-0.15, -0.1) is 16.4 Å². The van der Waals surface area contributed by atoms with Gasteiger partial charge in [-0.05, 0) is 68.5 Å². The van der Waals surface area contributed by atoms with Crippen LogP contribution in [0.1, 0.15) is 29.8 Å². The Hall–Kier alpha value is -5.48. The zero-order chi connectivity index (χ0) is 36.7. The molecule has 6 aromatic rings. The molecule has 1 aliphatic heterocycles. The molecule has 0 saturated carbocycles. The first-order chi connectivity index (χ1) is 25.1. The number of carboxylic acid groups (broad SMARTS) is 1. The molecule has 3 aromatic carbocycles. The Morgan fingerprint density at radius 2 is 1.85 bits per heavy atom. The summed E-state index contributed by atoms with van der Waals surface area (Å²) in [4.78, 5) is 27.7. The number of aryl methyl sites for hydroxylation is 3. The third kappa shape index (κ3) is 8.69. The first-order valence-corrected chi connectivity index (χ1v) is 17.5. The molecule has 0 bridgehead atoms. The van der Waals surface area contributed by atoms with Crippen molar-refractivity contribution in [2.24, 2.45) is 5.73 Å². The summed E-state index contributed by atoms with van der Waals surface area (Å²) in [5, 5.41) is 24.0. The van der Waals surface area contributed by atoms with Crippen LogP contribution in [0.3, 0.4) is 0 Å². The molecule has 0 atom stereocenters. The number of thiazole rings is 1. The largest absolute Gasteiger partial charge is 0.491 e. The lowest BCUT2D eigenvalue weighted by Gasteiger charge is -2.16. The zero-order valence-corrected chi connectivity index (χ0v) is 28.8. The second-order valence-electron chi connectivity index (χ2n) is 12.0. The lowest BCUT2D eigenvalue weighted by molar-refractivity contribution is -0.192. The summed E-state index contributed by atoms with van der Waals surface area (Å²) >= 11 is 1.61. The zero-order valence-electron chi connectivity index (χ0n) is 27.9. The number of ether oxygens (including phenoxy) is 1. The van der Waals surface area contributed by atoms with Gasteiger partial charge in [0.1, 0.15) is 28.5 Å². The van der Waals surface area contributed by atoms with E-state index in [2.05, 4.69) is 45.3 Å². The van der Waals surface area contributed by atoms with Crippen LogP contribution in [-0.4, -0.2) is 80.9 Å². The Labute approximate surface area is 300 Å². The number of unbranched alkanes of at least 4 members (excludes halogenated alkanes) is 1. The summed E-state index contributed by atoms with van der Waals surface area (Å²) in [6, 6.07) is 20.4. The van der Waals surface area contributed by atoms with Crippen molar-refractivity contribution in [1.29, 1.82) is 0 Å². The van der Waals surface area contributed by atoms with Gasteiger partial charge in [-0.25, -0.2) is 19.3 Å². The first kappa shape index (κ1) is 36.3. The molecule has 3 aromatic heterocycles. The monoisotopic (exact) mass is 735 g/mol. The van der Waals surface area contributed by atoms with Crippen molar-refractivity contribution >= 4 is 45.3 Å². The highest BCUT2D eigenvalue weighted by Gasteiger charge is 2.38. The molecule has 272 valence electrons. The van der Waals surface area contributed by atoms with E-state index in [9.17, 15) is 18.0 Å². The Morgan fingerprint density at radius 1 is 1.04 bits per heavy atom. The van der Waals surface area contributed by atoms with Crippen LogP contribution in [0.4, 0.5) is 18.0 Å². The molecule has 7 rings (SSSR count). The van der Waals surface area contributed by atoms with Gasteiger partial charge in [0.15, 0.2) is 0 Å². The van der Waals surface area contributed by atoms with Crippen LogP contribution in [0.15, 0.2) is 76.7 Å². The van der Waals surface area contributed by atoms with E-state index in [4.69, 9.17) is 29.8 Å². The van der Waals surface area contributed by atoms with E-state index < -0.39 is 12.1 Å². The fourth-order valence-electron chi connectivity index (χ4n) is 5.79. The number of carbonyl (C=O) groups is 2. The van der Waals surface area contributed by atoms with Gasteiger partial charge in [0.2, 0.25) is 0 Å². The highest BCUT2D eigenvalue weighted by molar-refractivity contribution is 7.13. The molecular formula is C36H36F3N7O5S. The highest BCUT2D eigenvalue weighted by Crippen LogP contribution is 2.35. The van der Waals surface area contributed by atoms with E-state index in [0.29, 0.717) is 38.5 Å². The SMILES string of the molecule is NCCCCc1cn(-c2ccc(-c3nc(CCc4cccc5oc6ccccc6c45)cs3)c(OCCN3CCNC3=O)c2)nn1.O=C(O)C(F)(F)F. The second kappa shape index (κ2) is 16.2. The van der Waals surface area contributed by atoms with Crippen LogP contribution in [-0.2, 0) is 24.1 Å². The minimum atomic E-state index is -5.08. The van der Waals surface area contributed by atoms with Gasteiger partial charge in [0.25, 0.3) is 0 Å². The van der Waals surface area contributed by atoms with Crippen molar-refractivity contribution in [3.63, 3.8) is 0 Å². The lowest BCUT2D eigenvalue weighted by Crippen LogP contribution is -2.31. The number of benzene rings is 3. The van der Waals surface area contributed by atoms with E-state index >= 15 is 0 Å². The quantitative estimate of drug-likeness (QED) is 0.114. The fourth-order valence-corrected chi connectivity index (χ4v) is 6.68. The second-order valence-corrected chi connectivity index (χ2v) is 12.8. The van der Waals surface area contributed by atoms with Crippen LogP contribution in [0, 0.1) is 0 Å². The Bertz CT molecular complexity index is 2160. The number of nitrogens with zero attached hydrogens (tertiary/aromatic N) is 5. The Balaban J connectivity index is 0.000000604. The number of nitrogens with two attached hydrogens (primary N) is 1. The number of rotatable bonds is 13. The number of hydrogen-bond donors (Lipinski definition) is 3. The van der Waals surface area contributed by atoms with Crippen molar-refractivity contribution in [2.75, 3.05) is 32.8 Å². The summed E-state index contributed by atoms with van der Waals surface area (Å²) in [5.74, 6) is -2.06. The minimum Gasteiger partial charge on any atom is -0.491 e. The van der Waals surface area contributed by atoms with Crippen molar-refractivity contribution in [1.82, 2.24) is 30.2 Å². The molecule has 0 spiro atoms. The first-order valence-electron chi connectivity index (χ1n) is 16.7. The maximum atomic E-state index is 12.0. The molecule has 4 N–H and O–H groups in total. The number of furan rings is 1. The van der Waals surface area contributed by atoms with E-state index in [1.807, 2.05) is 42.6 Å². The van der Waals surface area contributed by atoms with Gasteiger partial charge in [-0.2, -0.15) is 13.2 Å². The molecule has 0 radical (unpaired) electrons. The predicted molar refractivity (Wildman–Crippen MR) is 190 cm³/mol. The summed E-state index contributed by atoms with van der Waals surface area (Å²) in [6.45, 7) is 2.88. The molecule has 2 amide bonds. The van der Waals surface area contributed by atoms with Crippen molar-refractivity contribution < 1.29 is 37.0 Å². The number of amides is 2. The number of aliphatic carboxylic acids is 1. The average Bonchev–Trinajstić information content (AvgIpc) is 3.95. The average molecular weight is 736 g/mol. The van der Waals surface area contributed by atoms with E-state index in [0.717, 1.165) is 76.3 Å². The molecule has 52 heavy (non-hydrogen) atoms. The maximum Gasteiger partial charge on any atom is 0.490 e. The molecule has 1 fully saturated rings. The van der Waals surface area contributed by atoms with Crippen LogP contribution < -0.4 is 15.8 Å². The standard InChI is InChI=1S/C34H35N7O3S.C2HF3O2/c35-15-4-3-7-24-21-41(39-38-24)26-13-14-28(31(20-26)43-19-18-40-17-16-36-34(40)42)33-37-25(22-45-33)12-11-23-6-5-10-30-32(23)27-8-1-2-9-29(27)44-30;3-2(4,5)1(6)7/h1-2,5-6,8-10,13-14,20-22H,3-4,7,11-12,15-19,35H2,(H,36,42);(H,6,7). The topological polar surface area (TPSA) is 162 Å². The number of halogens is 3. The number of urea groups is 1. The van der Waals surface area contributed by atoms with Crippen LogP contribution in [0.5, 0.6) is 5.75 Å². The molecule has 0 aliphatic carbocycles. The van der Waals surface area contributed by atoms with Crippen molar-refractivity contribution in [2.45, 2.75) is 38.3 Å². The summed E-state index contributed by atoms with van der Waals surface area (Å²) in [7, 11) is 0. The normalized spacial score (nSPS) is 13.0. The lowest BCUT2D eigenvalue weighted by atomic mass is 10.0. The number of fused-ring (bicyclic) bond motifs is 3. The third-order valence-corrected chi connectivity index (χ3v) is 9.31. The van der Waals surface area contributed by atoms with Crippen molar-refractivity contribution in [3.05, 3.63) is 89.2 Å². The molecule has 1 aliphatic rings. The highest BCUT2D eigenvalue weighted by atomic mass is 32.1. The van der Waals surface area contributed by atoms with Crippen LogP contribution in [0.2, 0.25) is 0 Å². The Kier molecular flexibility index (Phi) is 11.3. The fraction of sp³-hybridized carbons (Fsp3) is 0.306.